The summed E-state index contributed by atoms with van der Waals surface area (Å²) in [5.41, 5.74) is 2.08. The second-order valence-corrected chi connectivity index (χ2v) is 6.00. The van der Waals surface area contributed by atoms with Gasteiger partial charge in [-0.1, -0.05) is 30.3 Å². The Morgan fingerprint density at radius 3 is 2.29 bits per heavy atom. The molecule has 3 rings (SSSR count). The highest BCUT2D eigenvalue weighted by Gasteiger charge is 2.05. The van der Waals surface area contributed by atoms with Gasteiger partial charge in [0.25, 0.3) is 0 Å². The minimum Gasteiger partial charge on any atom is -0.493 e. The molecule has 0 radical (unpaired) electrons. The Balaban J connectivity index is 1.52. The van der Waals surface area contributed by atoms with E-state index in [4.69, 9.17) is 9.47 Å². The van der Waals surface area contributed by atoms with E-state index in [1.54, 1.807) is 20.4 Å². The molecule has 3 aromatic rings. The van der Waals surface area contributed by atoms with Gasteiger partial charge >= 0.3 is 0 Å². The van der Waals surface area contributed by atoms with Crippen molar-refractivity contribution in [2.45, 2.75) is 13.1 Å². The summed E-state index contributed by atoms with van der Waals surface area (Å²) in [5.74, 6) is 2.87. The molecular formula is C22H24N4O2. The summed E-state index contributed by atoms with van der Waals surface area (Å²) in [4.78, 5) is 8.53. The highest BCUT2D eigenvalue weighted by atomic mass is 16.5. The minimum atomic E-state index is 0.617. The average molecular weight is 376 g/mol. The first-order valence-electron chi connectivity index (χ1n) is 9.02. The fraction of sp³-hybridized carbons (Fsp3) is 0.182. The monoisotopic (exact) mass is 376 g/mol. The van der Waals surface area contributed by atoms with E-state index < -0.39 is 0 Å². The van der Waals surface area contributed by atoms with Gasteiger partial charge in [-0.3, -0.25) is 9.98 Å². The van der Waals surface area contributed by atoms with Crippen molar-refractivity contribution >= 4 is 5.96 Å². The number of aliphatic imine (C=N–C) groups is 1. The first kappa shape index (κ1) is 19.2. The Labute approximate surface area is 165 Å². The van der Waals surface area contributed by atoms with Gasteiger partial charge in [-0.15, -0.1) is 0 Å². The zero-order valence-corrected chi connectivity index (χ0v) is 16.1. The van der Waals surface area contributed by atoms with Gasteiger partial charge in [0.2, 0.25) is 0 Å². The lowest BCUT2D eigenvalue weighted by molar-refractivity contribution is 0.379. The normalized spacial score (nSPS) is 11.0. The summed E-state index contributed by atoms with van der Waals surface area (Å²) in [7, 11) is 3.38. The largest absolute Gasteiger partial charge is 0.493 e. The maximum absolute atomic E-state index is 5.90. The van der Waals surface area contributed by atoms with Crippen LogP contribution in [-0.4, -0.2) is 25.1 Å². The van der Waals surface area contributed by atoms with Gasteiger partial charge in [0, 0.05) is 19.8 Å². The van der Waals surface area contributed by atoms with Crippen LogP contribution in [0.15, 0.2) is 77.9 Å². The van der Waals surface area contributed by atoms with Gasteiger partial charge in [0.1, 0.15) is 5.75 Å². The summed E-state index contributed by atoms with van der Waals surface area (Å²) in [6.45, 7) is 1.27. The molecule has 0 aliphatic rings. The molecule has 0 unspecified atom stereocenters. The van der Waals surface area contributed by atoms with Gasteiger partial charge in [-0.05, 0) is 42.0 Å². The fourth-order valence-corrected chi connectivity index (χ4v) is 2.59. The molecule has 0 amide bonds. The Morgan fingerprint density at radius 2 is 1.61 bits per heavy atom. The lowest BCUT2D eigenvalue weighted by Crippen LogP contribution is -2.36. The predicted octanol–water partition coefficient (Wildman–Crippen LogP) is 3.75. The maximum Gasteiger partial charge on any atom is 0.191 e. The molecule has 144 valence electrons. The number of methoxy groups -OCH3 is 1. The van der Waals surface area contributed by atoms with Gasteiger partial charge in [0.05, 0.1) is 19.3 Å². The Morgan fingerprint density at radius 1 is 0.893 bits per heavy atom. The zero-order valence-electron chi connectivity index (χ0n) is 16.1. The molecule has 6 heteroatoms. The lowest BCUT2D eigenvalue weighted by Gasteiger charge is -2.13. The van der Waals surface area contributed by atoms with Crippen molar-refractivity contribution < 1.29 is 9.47 Å². The number of ether oxygens (including phenoxy) is 2. The van der Waals surface area contributed by atoms with Crippen molar-refractivity contribution in [3.05, 3.63) is 84.2 Å². The summed E-state index contributed by atoms with van der Waals surface area (Å²) in [6, 6.07) is 21.3. The molecule has 28 heavy (non-hydrogen) atoms. The molecule has 6 nitrogen and oxygen atoms in total. The fourth-order valence-electron chi connectivity index (χ4n) is 2.59. The third-order valence-corrected chi connectivity index (χ3v) is 4.07. The molecule has 0 saturated heterocycles. The average Bonchev–Trinajstić information content (AvgIpc) is 2.76. The summed E-state index contributed by atoms with van der Waals surface area (Å²) < 4.78 is 11.2. The van der Waals surface area contributed by atoms with Gasteiger partial charge < -0.3 is 20.1 Å². The molecule has 2 aromatic carbocycles. The van der Waals surface area contributed by atoms with E-state index in [2.05, 4.69) is 20.6 Å². The Hall–Kier alpha value is -3.54. The van der Waals surface area contributed by atoms with Crippen molar-refractivity contribution in [2.75, 3.05) is 14.2 Å². The highest BCUT2D eigenvalue weighted by molar-refractivity contribution is 5.79. The first-order chi connectivity index (χ1) is 13.8. The number of hydrogen-bond acceptors (Lipinski definition) is 4. The molecule has 0 spiro atoms. The minimum absolute atomic E-state index is 0.617. The number of nitrogens with zero attached hydrogens (tertiary/aromatic N) is 2. The molecule has 0 bridgehead atoms. The number of benzene rings is 2. The molecule has 0 aliphatic carbocycles. The van der Waals surface area contributed by atoms with Crippen molar-refractivity contribution in [1.29, 1.82) is 0 Å². The smallest absolute Gasteiger partial charge is 0.191 e. The van der Waals surface area contributed by atoms with E-state index >= 15 is 0 Å². The topological polar surface area (TPSA) is 67.8 Å². The molecule has 0 fully saturated rings. The molecular weight excluding hydrogens is 352 g/mol. The number of hydrogen-bond donors (Lipinski definition) is 2. The van der Waals surface area contributed by atoms with Crippen LogP contribution in [0.3, 0.4) is 0 Å². The van der Waals surface area contributed by atoms with Crippen LogP contribution >= 0.6 is 0 Å². The van der Waals surface area contributed by atoms with E-state index in [9.17, 15) is 0 Å². The van der Waals surface area contributed by atoms with Gasteiger partial charge in [-0.25, -0.2) is 0 Å². The highest BCUT2D eigenvalue weighted by Crippen LogP contribution is 2.30. The van der Waals surface area contributed by atoms with Crippen LogP contribution in [0.4, 0.5) is 0 Å². The van der Waals surface area contributed by atoms with Crippen LogP contribution in [-0.2, 0) is 13.1 Å². The molecule has 1 heterocycles. The second kappa shape index (κ2) is 9.97. The standard InChI is InChI=1S/C22H24N4O2/c1-23-22(26-16-18-7-5-6-14-24-18)25-15-17-10-12-19(13-11-17)28-21-9-4-3-8-20(21)27-2/h3-14H,15-16H2,1-2H3,(H2,23,25,26). The number of rotatable bonds is 7. The molecule has 0 saturated carbocycles. The van der Waals surface area contributed by atoms with Crippen molar-refractivity contribution in [3.63, 3.8) is 0 Å². The second-order valence-electron chi connectivity index (χ2n) is 6.00. The van der Waals surface area contributed by atoms with E-state index in [-0.39, 0.29) is 0 Å². The van der Waals surface area contributed by atoms with Crippen LogP contribution in [0.1, 0.15) is 11.3 Å². The predicted molar refractivity (Wildman–Crippen MR) is 111 cm³/mol. The van der Waals surface area contributed by atoms with Gasteiger partial charge in [-0.2, -0.15) is 0 Å². The van der Waals surface area contributed by atoms with Crippen LogP contribution in [0.2, 0.25) is 0 Å². The number of nitrogens with one attached hydrogen (secondary N) is 2. The van der Waals surface area contributed by atoms with Crippen molar-refractivity contribution in [2.24, 2.45) is 4.99 Å². The molecule has 2 N–H and O–H groups in total. The third-order valence-electron chi connectivity index (χ3n) is 4.07. The Bertz CT molecular complexity index is 896. The summed E-state index contributed by atoms with van der Waals surface area (Å²) >= 11 is 0. The third kappa shape index (κ3) is 5.48. The van der Waals surface area contributed by atoms with Crippen LogP contribution in [0.25, 0.3) is 0 Å². The van der Waals surface area contributed by atoms with Crippen LogP contribution in [0.5, 0.6) is 17.2 Å². The van der Waals surface area contributed by atoms with E-state index in [0.717, 1.165) is 23.0 Å². The van der Waals surface area contributed by atoms with E-state index in [1.165, 1.54) is 0 Å². The van der Waals surface area contributed by atoms with Crippen LogP contribution in [0, 0.1) is 0 Å². The first-order valence-corrected chi connectivity index (χ1v) is 9.02. The maximum atomic E-state index is 5.90. The van der Waals surface area contributed by atoms with E-state index in [0.29, 0.717) is 24.6 Å². The Kier molecular flexibility index (Phi) is 6.84. The summed E-state index contributed by atoms with van der Waals surface area (Å²) in [6.07, 6.45) is 1.78. The number of para-hydroxylation sites is 2. The molecule has 0 atom stereocenters. The van der Waals surface area contributed by atoms with Crippen molar-refractivity contribution in [3.8, 4) is 17.2 Å². The summed E-state index contributed by atoms with van der Waals surface area (Å²) in [5, 5.41) is 6.54. The lowest BCUT2D eigenvalue weighted by atomic mass is 10.2. The SMILES string of the molecule is CN=C(NCc1ccc(Oc2ccccc2OC)cc1)NCc1ccccn1. The molecule has 0 aliphatic heterocycles. The van der Waals surface area contributed by atoms with E-state index in [1.807, 2.05) is 66.7 Å². The quantitative estimate of drug-likeness (QED) is 0.486. The molecule has 1 aromatic heterocycles. The number of guanidine groups is 1. The zero-order chi connectivity index (χ0) is 19.6. The number of aromatic nitrogens is 1. The number of pyridine rings is 1. The van der Waals surface area contributed by atoms with Crippen LogP contribution < -0.4 is 20.1 Å². The van der Waals surface area contributed by atoms with Gasteiger partial charge in [0.15, 0.2) is 17.5 Å². The van der Waals surface area contributed by atoms with Crippen molar-refractivity contribution in [1.82, 2.24) is 15.6 Å².